The minimum atomic E-state index is 0.0196. The van der Waals surface area contributed by atoms with Crippen LogP contribution in [-0.4, -0.2) is 37.8 Å². The molecule has 0 unspecified atom stereocenters. The second-order valence-corrected chi connectivity index (χ2v) is 9.15. The molecule has 5 nitrogen and oxygen atoms in total. The largest absolute Gasteiger partial charge is 0.332 e. The van der Waals surface area contributed by atoms with Crippen LogP contribution in [0.4, 0.5) is 0 Å². The van der Waals surface area contributed by atoms with Gasteiger partial charge >= 0.3 is 0 Å². The molecule has 1 amide bonds. The molecule has 3 atom stereocenters. The van der Waals surface area contributed by atoms with Gasteiger partial charge in [-0.2, -0.15) is 0 Å². The summed E-state index contributed by atoms with van der Waals surface area (Å²) in [4.78, 5) is 29.1. The van der Waals surface area contributed by atoms with E-state index in [1.54, 1.807) is 36.8 Å². The maximum absolute atomic E-state index is 13.8. The van der Waals surface area contributed by atoms with Crippen molar-refractivity contribution >= 4 is 29.1 Å². The van der Waals surface area contributed by atoms with E-state index in [4.69, 9.17) is 23.2 Å². The maximum Gasteiger partial charge on any atom is 0.255 e. The summed E-state index contributed by atoms with van der Waals surface area (Å²) in [5.74, 6) is 1.17. The number of aromatic nitrogens is 3. The first kappa shape index (κ1) is 20.4. The molecule has 3 aromatic rings. The summed E-state index contributed by atoms with van der Waals surface area (Å²) in [6.07, 6.45) is 10.0. The smallest absolute Gasteiger partial charge is 0.255 e. The summed E-state index contributed by atoms with van der Waals surface area (Å²) in [5.41, 5.74) is 2.28. The van der Waals surface area contributed by atoms with E-state index in [1.807, 2.05) is 18.2 Å². The highest BCUT2D eigenvalue weighted by atomic mass is 35.5. The zero-order valence-corrected chi connectivity index (χ0v) is 18.4. The lowest BCUT2D eigenvalue weighted by Gasteiger charge is -2.36. The number of likely N-dealkylation sites (tertiary alicyclic amines) is 1. The Morgan fingerprint density at radius 1 is 1.03 bits per heavy atom. The molecule has 0 radical (unpaired) electrons. The molecular weight excluding hydrogens is 431 g/mol. The zero-order chi connectivity index (χ0) is 21.4. The van der Waals surface area contributed by atoms with Gasteiger partial charge in [0.1, 0.15) is 0 Å². The summed E-state index contributed by atoms with van der Waals surface area (Å²) in [7, 11) is 0. The van der Waals surface area contributed by atoms with Gasteiger partial charge in [0, 0.05) is 47.0 Å². The highest BCUT2D eigenvalue weighted by Gasteiger charge is 2.50. The van der Waals surface area contributed by atoms with Crippen molar-refractivity contribution in [3.63, 3.8) is 0 Å². The van der Waals surface area contributed by atoms with Crippen molar-refractivity contribution in [3.05, 3.63) is 76.3 Å². The van der Waals surface area contributed by atoms with Crippen molar-refractivity contribution in [2.24, 2.45) is 5.92 Å². The topological polar surface area (TPSA) is 59.0 Å². The first-order valence-corrected chi connectivity index (χ1v) is 11.4. The number of benzene rings is 1. The molecule has 2 fully saturated rings. The van der Waals surface area contributed by atoms with Gasteiger partial charge in [0.2, 0.25) is 0 Å². The van der Waals surface area contributed by atoms with Crippen molar-refractivity contribution in [1.82, 2.24) is 19.9 Å². The second kappa shape index (κ2) is 8.56. The highest BCUT2D eigenvalue weighted by molar-refractivity contribution is 6.31. The molecule has 1 aromatic carbocycles. The number of hydrogen-bond donors (Lipinski definition) is 0. The third-order valence-corrected chi connectivity index (χ3v) is 6.74. The molecule has 0 bridgehead atoms. The molecule has 2 aliphatic rings. The number of amides is 1. The number of fused-ring (bicyclic) bond motifs is 1. The van der Waals surface area contributed by atoms with Crippen molar-refractivity contribution in [2.45, 2.75) is 44.2 Å². The van der Waals surface area contributed by atoms with Crippen LogP contribution in [0.5, 0.6) is 0 Å². The monoisotopic (exact) mass is 452 g/mol. The van der Waals surface area contributed by atoms with Gasteiger partial charge in [0.05, 0.1) is 10.6 Å². The lowest BCUT2D eigenvalue weighted by molar-refractivity contribution is 0.0576. The van der Waals surface area contributed by atoms with E-state index < -0.39 is 0 Å². The maximum atomic E-state index is 13.8. The summed E-state index contributed by atoms with van der Waals surface area (Å²) in [6, 6.07) is 11.4. The second-order valence-electron chi connectivity index (χ2n) is 8.28. The molecule has 1 aliphatic heterocycles. The molecule has 0 N–H and O–H groups in total. The molecule has 5 rings (SSSR count). The molecule has 2 aromatic heterocycles. The third kappa shape index (κ3) is 4.30. The van der Waals surface area contributed by atoms with E-state index in [0.29, 0.717) is 33.4 Å². The van der Waals surface area contributed by atoms with Gasteiger partial charge in [-0.25, -0.2) is 9.97 Å². The molecule has 1 saturated carbocycles. The minimum Gasteiger partial charge on any atom is -0.332 e. The molecule has 1 saturated heterocycles. The number of nitrogens with zero attached hydrogens (tertiary/aromatic N) is 4. The van der Waals surface area contributed by atoms with Gasteiger partial charge < -0.3 is 4.90 Å². The van der Waals surface area contributed by atoms with Gasteiger partial charge in [0.15, 0.2) is 5.82 Å². The minimum absolute atomic E-state index is 0.0196. The number of carbonyl (C=O) groups excluding carboxylic acids is 1. The van der Waals surface area contributed by atoms with Crippen LogP contribution in [0.25, 0.3) is 11.4 Å². The predicted octanol–water partition coefficient (Wildman–Crippen LogP) is 5.47. The average molecular weight is 453 g/mol. The number of rotatable bonds is 5. The number of halogens is 2. The van der Waals surface area contributed by atoms with Crippen molar-refractivity contribution < 1.29 is 4.79 Å². The zero-order valence-electron chi connectivity index (χ0n) is 16.9. The number of carbonyl (C=O) groups is 1. The molecule has 158 valence electrons. The standard InChI is InChI=1S/C24H22Cl2N4O/c25-16-4-9-20(23-27-10-1-11-28-23)21(13-16)24(31)30-19(7-2-15-12-22(15)30)8-6-18-5-3-17(26)14-29-18/h1,3-5,9-11,13-15,19,22H,2,6-8,12H2/t15-,19+,22+/m1/s1. The van der Waals surface area contributed by atoms with E-state index in [2.05, 4.69) is 19.9 Å². The third-order valence-electron chi connectivity index (χ3n) is 6.28. The van der Waals surface area contributed by atoms with E-state index in [9.17, 15) is 4.79 Å². The van der Waals surface area contributed by atoms with E-state index in [-0.39, 0.29) is 11.9 Å². The summed E-state index contributed by atoms with van der Waals surface area (Å²) in [5, 5.41) is 1.17. The molecule has 0 spiro atoms. The van der Waals surface area contributed by atoms with Crippen LogP contribution in [0, 0.1) is 5.92 Å². The Labute approximate surface area is 191 Å². The van der Waals surface area contributed by atoms with Crippen LogP contribution in [-0.2, 0) is 6.42 Å². The van der Waals surface area contributed by atoms with E-state index >= 15 is 0 Å². The van der Waals surface area contributed by atoms with Gasteiger partial charge in [-0.3, -0.25) is 9.78 Å². The summed E-state index contributed by atoms with van der Waals surface area (Å²) in [6.45, 7) is 0. The fraction of sp³-hybridized carbons (Fsp3) is 0.333. The van der Waals surface area contributed by atoms with Gasteiger partial charge in [-0.1, -0.05) is 23.2 Å². The van der Waals surface area contributed by atoms with Crippen LogP contribution in [0.1, 0.15) is 41.7 Å². The first-order valence-electron chi connectivity index (χ1n) is 10.6. The SMILES string of the molecule is O=C(c1cc(Cl)ccc1-c1ncccn1)N1[C@H](CCc2ccc(Cl)cn2)CC[C@@H]2C[C@@H]21. The molecule has 7 heteroatoms. The van der Waals surface area contributed by atoms with Crippen LogP contribution in [0.2, 0.25) is 10.0 Å². The quantitative estimate of drug-likeness (QED) is 0.514. The van der Waals surface area contributed by atoms with Crippen LogP contribution in [0.3, 0.4) is 0 Å². The summed E-state index contributed by atoms with van der Waals surface area (Å²) >= 11 is 12.3. The Hall–Kier alpha value is -2.50. The predicted molar refractivity (Wildman–Crippen MR) is 121 cm³/mol. The lowest BCUT2D eigenvalue weighted by Crippen LogP contribution is -2.45. The first-order chi connectivity index (χ1) is 15.1. The normalized spacial score (nSPS) is 22.1. The fourth-order valence-electron chi connectivity index (χ4n) is 4.63. The Kier molecular flexibility index (Phi) is 5.63. The molecule has 3 heterocycles. The number of hydrogen-bond acceptors (Lipinski definition) is 4. The fourth-order valence-corrected chi connectivity index (χ4v) is 4.92. The average Bonchev–Trinajstić information content (AvgIpc) is 3.58. The van der Waals surface area contributed by atoms with Crippen LogP contribution in [0.15, 0.2) is 55.0 Å². The Morgan fingerprint density at radius 2 is 1.84 bits per heavy atom. The van der Waals surface area contributed by atoms with Crippen LogP contribution < -0.4 is 0 Å². The van der Waals surface area contributed by atoms with Gasteiger partial charge in [-0.05, 0) is 74.4 Å². The van der Waals surface area contributed by atoms with Crippen molar-refractivity contribution in [3.8, 4) is 11.4 Å². The Bertz CT molecular complexity index is 1090. The number of pyridine rings is 1. The number of aryl methyl sites for hydroxylation is 1. The Morgan fingerprint density at radius 3 is 2.61 bits per heavy atom. The van der Waals surface area contributed by atoms with Crippen LogP contribution >= 0.6 is 23.2 Å². The van der Waals surface area contributed by atoms with Gasteiger partial charge in [0.25, 0.3) is 5.91 Å². The summed E-state index contributed by atoms with van der Waals surface area (Å²) < 4.78 is 0. The molecule has 31 heavy (non-hydrogen) atoms. The Balaban J connectivity index is 1.43. The molecular formula is C24H22Cl2N4O. The molecule has 1 aliphatic carbocycles. The van der Waals surface area contributed by atoms with E-state index in [1.165, 1.54) is 6.42 Å². The van der Waals surface area contributed by atoms with Crippen molar-refractivity contribution in [2.75, 3.05) is 0 Å². The van der Waals surface area contributed by atoms with Gasteiger partial charge in [-0.15, -0.1) is 0 Å². The van der Waals surface area contributed by atoms with Crippen molar-refractivity contribution in [1.29, 1.82) is 0 Å². The van der Waals surface area contributed by atoms with E-state index in [0.717, 1.165) is 36.9 Å². The lowest BCUT2D eigenvalue weighted by atomic mass is 9.95. The number of piperidine rings is 1. The highest BCUT2D eigenvalue weighted by Crippen LogP contribution is 2.47.